The molecule has 6 nitrogen and oxygen atoms in total. The molecular weight excluding hydrogens is 299 g/mol. The predicted octanol–water partition coefficient (Wildman–Crippen LogP) is 3.20. The molecule has 0 fully saturated rings. The normalized spacial score (nSPS) is 10.7. The topological polar surface area (TPSA) is 68.3 Å². The van der Waals surface area contributed by atoms with Crippen LogP contribution in [0, 0.1) is 5.82 Å². The van der Waals surface area contributed by atoms with Gasteiger partial charge in [0.1, 0.15) is 12.4 Å². The Morgan fingerprint density at radius 1 is 1.17 bits per heavy atom. The molecule has 0 aliphatic rings. The van der Waals surface area contributed by atoms with Gasteiger partial charge in [0.25, 0.3) is 0 Å². The third kappa shape index (κ3) is 5.37. The molecule has 0 radical (unpaired) electrons. The van der Waals surface area contributed by atoms with Crippen molar-refractivity contribution < 1.29 is 13.9 Å². The molecule has 1 heterocycles. The first-order chi connectivity index (χ1) is 11.1. The highest BCUT2D eigenvalue weighted by Gasteiger charge is 2.08. The summed E-state index contributed by atoms with van der Waals surface area (Å²) in [5.41, 5.74) is 0.784. The fraction of sp³-hybridized carbons (Fsp3) is 0.375. The number of benzene rings is 1. The molecule has 0 atom stereocenters. The van der Waals surface area contributed by atoms with Crippen LogP contribution < -0.4 is 15.4 Å². The number of hydrogen-bond donors (Lipinski definition) is 2. The number of nitrogens with zero attached hydrogens (tertiary/aromatic N) is 2. The summed E-state index contributed by atoms with van der Waals surface area (Å²) in [5.74, 6) is 0.764. The number of rotatable bonds is 8. The molecule has 2 N–H and O–H groups in total. The van der Waals surface area contributed by atoms with Crippen LogP contribution in [-0.4, -0.2) is 36.3 Å². The number of methoxy groups -OCH3 is 1. The van der Waals surface area contributed by atoms with Gasteiger partial charge in [-0.3, -0.25) is 0 Å². The van der Waals surface area contributed by atoms with E-state index in [0.717, 1.165) is 17.6 Å². The minimum absolute atomic E-state index is 0.0794. The maximum atomic E-state index is 13.6. The van der Waals surface area contributed by atoms with Gasteiger partial charge in [0.2, 0.25) is 5.95 Å². The Morgan fingerprint density at radius 2 is 1.91 bits per heavy atom. The molecule has 0 aliphatic heterocycles. The first-order valence-electron chi connectivity index (χ1n) is 7.36. The van der Waals surface area contributed by atoms with E-state index in [0.29, 0.717) is 19.2 Å². The first-order valence-corrected chi connectivity index (χ1v) is 7.36. The zero-order chi connectivity index (χ0) is 16.7. The highest BCUT2D eigenvalue weighted by Crippen LogP contribution is 2.20. The number of halogens is 1. The second-order valence-corrected chi connectivity index (χ2v) is 5.18. The number of nitrogens with one attached hydrogen (secondary N) is 2. The summed E-state index contributed by atoms with van der Waals surface area (Å²) >= 11 is 0. The Balaban J connectivity index is 2.01. The Bertz CT molecular complexity index is 620. The van der Waals surface area contributed by atoms with Crippen LogP contribution in [0.25, 0.3) is 0 Å². The van der Waals surface area contributed by atoms with E-state index < -0.39 is 5.82 Å². The lowest BCUT2D eigenvalue weighted by molar-refractivity contribution is 0.146. The maximum Gasteiger partial charge on any atom is 0.229 e. The van der Waals surface area contributed by atoms with Crippen molar-refractivity contribution in [3.63, 3.8) is 0 Å². The van der Waals surface area contributed by atoms with Gasteiger partial charge in [-0.1, -0.05) is 0 Å². The number of ether oxygens (including phenoxy) is 2. The van der Waals surface area contributed by atoms with Crippen LogP contribution >= 0.6 is 0 Å². The maximum absolute atomic E-state index is 13.6. The minimum atomic E-state index is -0.480. The van der Waals surface area contributed by atoms with Crippen LogP contribution in [0.15, 0.2) is 30.5 Å². The summed E-state index contributed by atoms with van der Waals surface area (Å²) in [5, 5.41) is 5.97. The molecule has 0 aliphatic carbocycles. The van der Waals surface area contributed by atoms with Crippen molar-refractivity contribution in [3.05, 3.63) is 36.3 Å². The second kappa shape index (κ2) is 8.28. The van der Waals surface area contributed by atoms with E-state index in [1.165, 1.54) is 0 Å². The zero-order valence-electron chi connectivity index (χ0n) is 13.5. The standard InChI is InChI=1S/C16H21FN4O2/c1-11(2)19-15-14(17)10-18-16(21-15)20-12-4-6-13(7-5-12)23-9-8-22-3/h4-7,10-11H,8-9H2,1-3H3,(H2,18,19,20,21). The van der Waals surface area contributed by atoms with Gasteiger partial charge in [-0.05, 0) is 38.1 Å². The van der Waals surface area contributed by atoms with Crippen molar-refractivity contribution in [1.29, 1.82) is 0 Å². The monoisotopic (exact) mass is 320 g/mol. The lowest BCUT2D eigenvalue weighted by atomic mass is 10.3. The minimum Gasteiger partial charge on any atom is -0.491 e. The molecule has 0 unspecified atom stereocenters. The quantitative estimate of drug-likeness (QED) is 0.728. The molecule has 0 saturated heterocycles. The van der Waals surface area contributed by atoms with Crippen LogP contribution in [0.2, 0.25) is 0 Å². The second-order valence-electron chi connectivity index (χ2n) is 5.18. The predicted molar refractivity (Wildman–Crippen MR) is 87.8 cm³/mol. The molecule has 1 aromatic heterocycles. The molecule has 0 bridgehead atoms. The molecule has 0 spiro atoms. The number of anilines is 3. The Kier molecular flexibility index (Phi) is 6.10. The van der Waals surface area contributed by atoms with Crippen LogP contribution in [0.4, 0.5) is 21.8 Å². The van der Waals surface area contributed by atoms with Gasteiger partial charge in [0, 0.05) is 18.8 Å². The Labute approximate surface area is 135 Å². The highest BCUT2D eigenvalue weighted by atomic mass is 19.1. The van der Waals surface area contributed by atoms with Crippen LogP contribution in [0.1, 0.15) is 13.8 Å². The summed E-state index contributed by atoms with van der Waals surface area (Å²) < 4.78 is 24.0. The third-order valence-corrected chi connectivity index (χ3v) is 2.84. The van der Waals surface area contributed by atoms with Crippen molar-refractivity contribution >= 4 is 17.5 Å². The van der Waals surface area contributed by atoms with E-state index in [1.807, 2.05) is 38.1 Å². The summed E-state index contributed by atoms with van der Waals surface area (Å²) in [6, 6.07) is 7.41. The average molecular weight is 320 g/mol. The van der Waals surface area contributed by atoms with E-state index >= 15 is 0 Å². The van der Waals surface area contributed by atoms with Gasteiger partial charge in [-0.2, -0.15) is 4.98 Å². The van der Waals surface area contributed by atoms with Crippen molar-refractivity contribution in [2.75, 3.05) is 31.0 Å². The smallest absolute Gasteiger partial charge is 0.229 e. The molecule has 23 heavy (non-hydrogen) atoms. The molecular formula is C16H21FN4O2. The molecule has 124 valence electrons. The molecule has 1 aromatic carbocycles. The summed E-state index contributed by atoms with van der Waals surface area (Å²) in [6.07, 6.45) is 1.14. The van der Waals surface area contributed by atoms with Gasteiger partial charge in [-0.25, -0.2) is 9.37 Å². The van der Waals surface area contributed by atoms with Gasteiger partial charge in [0.05, 0.1) is 12.8 Å². The van der Waals surface area contributed by atoms with E-state index in [2.05, 4.69) is 20.6 Å². The summed E-state index contributed by atoms with van der Waals surface area (Å²) in [7, 11) is 1.63. The van der Waals surface area contributed by atoms with Gasteiger partial charge < -0.3 is 20.1 Å². The number of aromatic nitrogens is 2. The summed E-state index contributed by atoms with van der Waals surface area (Å²) in [6.45, 7) is 4.86. The van der Waals surface area contributed by atoms with E-state index in [-0.39, 0.29) is 11.9 Å². The Morgan fingerprint density at radius 3 is 2.57 bits per heavy atom. The highest BCUT2D eigenvalue weighted by molar-refractivity contribution is 5.56. The van der Waals surface area contributed by atoms with Crippen LogP contribution in [0.5, 0.6) is 5.75 Å². The zero-order valence-corrected chi connectivity index (χ0v) is 13.5. The van der Waals surface area contributed by atoms with Crippen molar-refractivity contribution in [2.24, 2.45) is 0 Å². The third-order valence-electron chi connectivity index (χ3n) is 2.84. The lowest BCUT2D eigenvalue weighted by Crippen LogP contribution is -2.13. The SMILES string of the molecule is COCCOc1ccc(Nc2ncc(F)c(NC(C)C)n2)cc1. The molecule has 0 saturated carbocycles. The molecule has 7 heteroatoms. The first kappa shape index (κ1) is 17.0. The van der Waals surface area contributed by atoms with Crippen LogP contribution in [-0.2, 0) is 4.74 Å². The fourth-order valence-electron chi connectivity index (χ4n) is 1.81. The van der Waals surface area contributed by atoms with E-state index in [9.17, 15) is 4.39 Å². The van der Waals surface area contributed by atoms with Gasteiger partial charge in [0.15, 0.2) is 11.6 Å². The summed E-state index contributed by atoms with van der Waals surface area (Å²) in [4.78, 5) is 8.07. The largest absolute Gasteiger partial charge is 0.491 e. The molecule has 2 aromatic rings. The lowest BCUT2D eigenvalue weighted by Gasteiger charge is -2.12. The van der Waals surface area contributed by atoms with Crippen molar-refractivity contribution in [2.45, 2.75) is 19.9 Å². The van der Waals surface area contributed by atoms with Gasteiger partial charge >= 0.3 is 0 Å². The average Bonchev–Trinajstić information content (AvgIpc) is 2.52. The van der Waals surface area contributed by atoms with Crippen molar-refractivity contribution in [3.8, 4) is 5.75 Å². The van der Waals surface area contributed by atoms with Gasteiger partial charge in [-0.15, -0.1) is 0 Å². The Hall–Kier alpha value is -2.41. The van der Waals surface area contributed by atoms with Crippen molar-refractivity contribution in [1.82, 2.24) is 9.97 Å². The van der Waals surface area contributed by atoms with E-state index in [4.69, 9.17) is 9.47 Å². The molecule has 2 rings (SSSR count). The number of hydrogen-bond acceptors (Lipinski definition) is 6. The molecule has 0 amide bonds. The fourth-order valence-corrected chi connectivity index (χ4v) is 1.81. The van der Waals surface area contributed by atoms with E-state index in [1.54, 1.807) is 7.11 Å². The van der Waals surface area contributed by atoms with Crippen LogP contribution in [0.3, 0.4) is 0 Å².